The molecule has 1 atom stereocenters. The van der Waals surface area contributed by atoms with E-state index in [0.717, 1.165) is 22.3 Å². The largest absolute Gasteiger partial charge is 0.350 e. The summed E-state index contributed by atoms with van der Waals surface area (Å²) in [6, 6.07) is 31.6. The molecule has 0 aromatic heterocycles. The number of nitrogens with zero attached hydrogens (tertiary/aromatic N) is 1. The van der Waals surface area contributed by atoms with Gasteiger partial charge in [0.25, 0.3) is 0 Å². The van der Waals surface area contributed by atoms with Crippen LogP contribution in [0.2, 0.25) is 5.02 Å². The number of hydrogen-bond acceptors (Lipinski definition) is 2. The van der Waals surface area contributed by atoms with Crippen molar-refractivity contribution in [3.8, 4) is 0 Å². The number of nitrogens with one attached hydrogen (secondary N) is 1. The molecule has 37 heavy (non-hydrogen) atoms. The quantitative estimate of drug-likeness (QED) is 0.283. The summed E-state index contributed by atoms with van der Waals surface area (Å²) < 4.78 is 13.6. The van der Waals surface area contributed by atoms with Crippen molar-refractivity contribution >= 4 is 23.4 Å². The third-order valence-electron chi connectivity index (χ3n) is 6.12. The van der Waals surface area contributed by atoms with Crippen molar-refractivity contribution in [2.45, 2.75) is 32.0 Å². The molecule has 0 fully saturated rings. The van der Waals surface area contributed by atoms with Crippen LogP contribution in [0.5, 0.6) is 0 Å². The fourth-order valence-corrected chi connectivity index (χ4v) is 4.25. The first-order chi connectivity index (χ1) is 18.0. The molecule has 0 aliphatic heterocycles. The van der Waals surface area contributed by atoms with Gasteiger partial charge in [0.05, 0.1) is 6.42 Å². The van der Waals surface area contributed by atoms with Gasteiger partial charge in [-0.2, -0.15) is 0 Å². The Labute approximate surface area is 221 Å². The molecule has 2 amide bonds. The molecule has 0 radical (unpaired) electrons. The SMILES string of the molecule is O=C(NCc1ccc(Cl)cc1)[C@@H](Cc1ccccc1)N(Cc1ccc(F)cc1)C(=O)Cc1ccccc1. The van der Waals surface area contributed by atoms with Gasteiger partial charge in [0, 0.05) is 24.5 Å². The van der Waals surface area contributed by atoms with E-state index >= 15 is 0 Å². The highest BCUT2D eigenvalue weighted by Crippen LogP contribution is 2.18. The van der Waals surface area contributed by atoms with E-state index in [9.17, 15) is 14.0 Å². The van der Waals surface area contributed by atoms with Crippen molar-refractivity contribution in [3.05, 3.63) is 142 Å². The molecule has 0 heterocycles. The summed E-state index contributed by atoms with van der Waals surface area (Å²) in [6.45, 7) is 0.483. The van der Waals surface area contributed by atoms with Gasteiger partial charge in [-0.1, -0.05) is 96.5 Å². The summed E-state index contributed by atoms with van der Waals surface area (Å²) in [4.78, 5) is 28.9. The average molecular weight is 515 g/mol. The number of carbonyl (C=O) groups is 2. The van der Waals surface area contributed by atoms with Gasteiger partial charge in [0.2, 0.25) is 11.8 Å². The van der Waals surface area contributed by atoms with Gasteiger partial charge < -0.3 is 10.2 Å². The summed E-state index contributed by atoms with van der Waals surface area (Å²) in [5.74, 6) is -0.798. The third-order valence-corrected chi connectivity index (χ3v) is 6.37. The predicted molar refractivity (Wildman–Crippen MR) is 144 cm³/mol. The van der Waals surface area contributed by atoms with Gasteiger partial charge >= 0.3 is 0 Å². The maximum Gasteiger partial charge on any atom is 0.243 e. The topological polar surface area (TPSA) is 49.4 Å². The van der Waals surface area contributed by atoms with E-state index in [1.807, 2.05) is 72.8 Å². The maximum absolute atomic E-state index is 13.7. The van der Waals surface area contributed by atoms with E-state index in [2.05, 4.69) is 5.32 Å². The first kappa shape index (κ1) is 26.1. The first-order valence-corrected chi connectivity index (χ1v) is 12.5. The van der Waals surface area contributed by atoms with Crippen LogP contribution in [0.1, 0.15) is 22.3 Å². The molecule has 4 aromatic rings. The lowest BCUT2D eigenvalue weighted by atomic mass is 10.0. The van der Waals surface area contributed by atoms with Crippen molar-refractivity contribution < 1.29 is 14.0 Å². The summed E-state index contributed by atoms with van der Waals surface area (Å²) in [5.41, 5.74) is 3.44. The van der Waals surface area contributed by atoms with Crippen LogP contribution in [-0.2, 0) is 35.5 Å². The molecule has 4 aromatic carbocycles. The second-order valence-corrected chi connectivity index (χ2v) is 9.30. The Morgan fingerprint density at radius 2 is 1.30 bits per heavy atom. The van der Waals surface area contributed by atoms with Crippen LogP contribution < -0.4 is 5.32 Å². The maximum atomic E-state index is 13.7. The van der Waals surface area contributed by atoms with Gasteiger partial charge in [-0.3, -0.25) is 9.59 Å². The van der Waals surface area contributed by atoms with E-state index in [0.29, 0.717) is 18.0 Å². The standard InChI is InChI=1S/C31H28ClFN2O2/c32-27-15-11-25(12-16-27)21-34-31(37)29(19-23-7-3-1-4-8-23)35(22-26-13-17-28(33)18-14-26)30(36)20-24-9-5-2-6-10-24/h1-18,29H,19-22H2,(H,34,37)/t29-/m1/s1. The van der Waals surface area contributed by atoms with Crippen LogP contribution >= 0.6 is 11.6 Å². The molecule has 0 spiro atoms. The summed E-state index contributed by atoms with van der Waals surface area (Å²) in [7, 11) is 0. The highest BCUT2D eigenvalue weighted by molar-refractivity contribution is 6.30. The summed E-state index contributed by atoms with van der Waals surface area (Å²) in [5, 5.41) is 3.62. The molecule has 1 N–H and O–H groups in total. The van der Waals surface area contributed by atoms with Crippen molar-refractivity contribution in [1.82, 2.24) is 10.2 Å². The van der Waals surface area contributed by atoms with Crippen molar-refractivity contribution in [3.63, 3.8) is 0 Å². The van der Waals surface area contributed by atoms with Crippen molar-refractivity contribution in [2.75, 3.05) is 0 Å². The Morgan fingerprint density at radius 1 is 0.730 bits per heavy atom. The van der Waals surface area contributed by atoms with Crippen LogP contribution in [0.15, 0.2) is 109 Å². The average Bonchev–Trinajstić information content (AvgIpc) is 2.92. The van der Waals surface area contributed by atoms with Crippen molar-refractivity contribution in [2.24, 2.45) is 0 Å². The monoisotopic (exact) mass is 514 g/mol. The molecular weight excluding hydrogens is 487 g/mol. The number of hydrogen-bond donors (Lipinski definition) is 1. The molecule has 0 aliphatic rings. The smallest absolute Gasteiger partial charge is 0.243 e. The number of carbonyl (C=O) groups excluding carboxylic acids is 2. The molecular formula is C31H28ClFN2O2. The zero-order chi connectivity index (χ0) is 26.0. The normalized spacial score (nSPS) is 11.5. The molecule has 188 valence electrons. The Bertz CT molecular complexity index is 1300. The van der Waals surface area contributed by atoms with Crippen molar-refractivity contribution in [1.29, 1.82) is 0 Å². The highest BCUT2D eigenvalue weighted by atomic mass is 35.5. The highest BCUT2D eigenvalue weighted by Gasteiger charge is 2.30. The summed E-state index contributed by atoms with van der Waals surface area (Å²) >= 11 is 5.99. The molecule has 0 unspecified atom stereocenters. The Kier molecular flexibility index (Phi) is 9.06. The number of amides is 2. The van der Waals surface area contributed by atoms with E-state index < -0.39 is 6.04 Å². The zero-order valence-corrected chi connectivity index (χ0v) is 21.1. The Balaban J connectivity index is 1.63. The Hall–Kier alpha value is -3.96. The molecule has 0 aliphatic carbocycles. The lowest BCUT2D eigenvalue weighted by molar-refractivity contribution is -0.140. The fourth-order valence-electron chi connectivity index (χ4n) is 4.12. The van der Waals surface area contributed by atoms with Gasteiger partial charge in [0.1, 0.15) is 11.9 Å². The van der Waals surface area contributed by atoms with E-state index in [1.165, 1.54) is 12.1 Å². The first-order valence-electron chi connectivity index (χ1n) is 12.1. The van der Waals surface area contributed by atoms with Gasteiger partial charge in [-0.15, -0.1) is 0 Å². The molecule has 0 saturated heterocycles. The minimum atomic E-state index is -0.768. The Morgan fingerprint density at radius 3 is 1.92 bits per heavy atom. The van der Waals surface area contributed by atoms with E-state index in [1.54, 1.807) is 29.2 Å². The second kappa shape index (κ2) is 12.8. The minimum absolute atomic E-state index is 0.151. The fraction of sp³-hybridized carbons (Fsp3) is 0.161. The van der Waals surface area contributed by atoms with Gasteiger partial charge in [-0.25, -0.2) is 4.39 Å². The number of rotatable bonds is 10. The van der Waals surface area contributed by atoms with E-state index in [4.69, 9.17) is 11.6 Å². The molecule has 0 bridgehead atoms. The van der Waals surface area contributed by atoms with Crippen LogP contribution in [0.25, 0.3) is 0 Å². The number of halogens is 2. The zero-order valence-electron chi connectivity index (χ0n) is 20.3. The second-order valence-electron chi connectivity index (χ2n) is 8.86. The molecule has 4 rings (SSSR count). The summed E-state index contributed by atoms with van der Waals surface area (Å²) in [6.07, 6.45) is 0.493. The van der Waals surface area contributed by atoms with Gasteiger partial charge in [-0.05, 0) is 46.5 Å². The molecule has 4 nitrogen and oxygen atoms in total. The lowest BCUT2D eigenvalue weighted by Crippen LogP contribution is -2.50. The molecule has 6 heteroatoms. The minimum Gasteiger partial charge on any atom is -0.350 e. The molecule has 0 saturated carbocycles. The van der Waals surface area contributed by atoms with Crippen LogP contribution in [0, 0.1) is 5.82 Å². The van der Waals surface area contributed by atoms with Crippen LogP contribution in [0.3, 0.4) is 0 Å². The lowest BCUT2D eigenvalue weighted by Gasteiger charge is -2.31. The predicted octanol–water partition coefficient (Wildman–Crippen LogP) is 5.98. The van der Waals surface area contributed by atoms with Crippen LogP contribution in [0.4, 0.5) is 4.39 Å². The van der Waals surface area contributed by atoms with E-state index in [-0.39, 0.29) is 30.6 Å². The van der Waals surface area contributed by atoms with Crippen LogP contribution in [-0.4, -0.2) is 22.8 Å². The van der Waals surface area contributed by atoms with Gasteiger partial charge in [0.15, 0.2) is 0 Å². The number of benzene rings is 4. The third kappa shape index (κ3) is 7.76.